The van der Waals surface area contributed by atoms with Gasteiger partial charge in [-0.1, -0.05) is 22.0 Å². The summed E-state index contributed by atoms with van der Waals surface area (Å²) in [6.07, 6.45) is 0. The van der Waals surface area contributed by atoms with Crippen LogP contribution in [0, 0.1) is 17.1 Å². The lowest BCUT2D eigenvalue weighted by Crippen LogP contribution is -2.09. The highest BCUT2D eigenvalue weighted by Crippen LogP contribution is 2.25. The molecule has 0 spiro atoms. The topological polar surface area (TPSA) is 61.1 Å². The predicted molar refractivity (Wildman–Crippen MR) is 50.1 cm³/mol. The molecule has 1 unspecified atom stereocenters. The van der Waals surface area contributed by atoms with Crippen LogP contribution in [0.5, 0.6) is 0 Å². The molecule has 1 atom stereocenters. The fourth-order valence-corrected chi connectivity index (χ4v) is 1.57. The number of carbonyl (C=O) groups is 1. The zero-order valence-electron chi connectivity index (χ0n) is 6.87. The number of hydrogen-bond donors (Lipinski definition) is 1. The van der Waals surface area contributed by atoms with Crippen LogP contribution in [0.2, 0.25) is 0 Å². The summed E-state index contributed by atoms with van der Waals surface area (Å²) in [7, 11) is 0. The summed E-state index contributed by atoms with van der Waals surface area (Å²) < 4.78 is 12.9. The molecule has 0 bridgehead atoms. The molecule has 0 fully saturated rings. The lowest BCUT2D eigenvalue weighted by atomic mass is 10.0. The Morgan fingerprint density at radius 2 is 2.29 bits per heavy atom. The van der Waals surface area contributed by atoms with E-state index < -0.39 is 17.7 Å². The first kappa shape index (κ1) is 10.7. The molecular weight excluding hydrogens is 253 g/mol. The second-order valence-corrected chi connectivity index (χ2v) is 3.42. The second-order valence-electron chi connectivity index (χ2n) is 2.57. The molecule has 1 aromatic rings. The van der Waals surface area contributed by atoms with Crippen LogP contribution in [0.25, 0.3) is 0 Å². The summed E-state index contributed by atoms with van der Waals surface area (Å²) in [6, 6.07) is 5.15. The Kier molecular flexibility index (Phi) is 3.20. The predicted octanol–water partition coefficient (Wildman–Crippen LogP) is 2.28. The summed E-state index contributed by atoms with van der Waals surface area (Å²) in [5.41, 5.74) is 0.251. The first-order valence-corrected chi connectivity index (χ1v) is 4.43. The van der Waals surface area contributed by atoms with Crippen molar-refractivity contribution >= 4 is 21.9 Å². The van der Waals surface area contributed by atoms with E-state index in [4.69, 9.17) is 10.4 Å². The molecule has 0 heterocycles. The van der Waals surface area contributed by atoms with Crippen molar-refractivity contribution in [3.8, 4) is 6.07 Å². The van der Waals surface area contributed by atoms with Crippen LogP contribution in [-0.4, -0.2) is 11.1 Å². The van der Waals surface area contributed by atoms with E-state index in [0.29, 0.717) is 0 Å². The molecule has 1 rings (SSSR count). The summed E-state index contributed by atoms with van der Waals surface area (Å²) in [6.45, 7) is 0. The van der Waals surface area contributed by atoms with Crippen molar-refractivity contribution in [2.75, 3.05) is 0 Å². The third-order valence-electron chi connectivity index (χ3n) is 1.65. The minimum atomic E-state index is -1.27. The molecule has 72 valence electrons. The third kappa shape index (κ3) is 2.09. The Balaban J connectivity index is 3.19. The number of halogens is 2. The summed E-state index contributed by atoms with van der Waals surface area (Å²) in [5, 5.41) is 17.3. The van der Waals surface area contributed by atoms with Crippen molar-refractivity contribution in [2.45, 2.75) is 5.92 Å². The van der Waals surface area contributed by atoms with Gasteiger partial charge in [-0.05, 0) is 17.7 Å². The van der Waals surface area contributed by atoms with E-state index >= 15 is 0 Å². The van der Waals surface area contributed by atoms with Crippen molar-refractivity contribution in [3.63, 3.8) is 0 Å². The third-order valence-corrected chi connectivity index (χ3v) is 2.34. The lowest BCUT2D eigenvalue weighted by molar-refractivity contribution is -0.137. The number of hydrogen-bond acceptors (Lipinski definition) is 2. The quantitative estimate of drug-likeness (QED) is 0.885. The summed E-state index contributed by atoms with van der Waals surface area (Å²) in [5.74, 6) is -3.01. The van der Waals surface area contributed by atoms with Crippen molar-refractivity contribution < 1.29 is 14.3 Å². The summed E-state index contributed by atoms with van der Waals surface area (Å²) >= 11 is 3.00. The van der Waals surface area contributed by atoms with Gasteiger partial charge in [-0.3, -0.25) is 4.79 Å². The molecule has 0 aliphatic heterocycles. The molecule has 0 radical (unpaired) electrons. The van der Waals surface area contributed by atoms with Crippen LogP contribution in [-0.2, 0) is 4.79 Å². The van der Waals surface area contributed by atoms with Gasteiger partial charge in [0.25, 0.3) is 0 Å². The smallest absolute Gasteiger partial charge is 0.325 e. The molecule has 14 heavy (non-hydrogen) atoms. The van der Waals surface area contributed by atoms with E-state index in [-0.39, 0.29) is 10.0 Å². The molecule has 0 aliphatic rings. The molecule has 3 nitrogen and oxygen atoms in total. The average Bonchev–Trinajstić information content (AvgIpc) is 2.09. The van der Waals surface area contributed by atoms with Gasteiger partial charge in [0.05, 0.1) is 6.07 Å². The highest BCUT2D eigenvalue weighted by atomic mass is 79.9. The highest BCUT2D eigenvalue weighted by molar-refractivity contribution is 9.10. The number of aliphatic carboxylic acids is 1. The van der Waals surface area contributed by atoms with E-state index in [2.05, 4.69) is 15.9 Å². The van der Waals surface area contributed by atoms with Gasteiger partial charge in [0.2, 0.25) is 0 Å². The van der Waals surface area contributed by atoms with Crippen molar-refractivity contribution in [3.05, 3.63) is 34.1 Å². The van der Waals surface area contributed by atoms with Gasteiger partial charge in [0.15, 0.2) is 5.92 Å². The van der Waals surface area contributed by atoms with Gasteiger partial charge < -0.3 is 5.11 Å². The van der Waals surface area contributed by atoms with Crippen molar-refractivity contribution in [2.24, 2.45) is 0 Å². The Hall–Kier alpha value is -1.41. The monoisotopic (exact) mass is 257 g/mol. The van der Waals surface area contributed by atoms with Gasteiger partial charge in [-0.15, -0.1) is 0 Å². The molecule has 1 N–H and O–H groups in total. The van der Waals surface area contributed by atoms with Gasteiger partial charge >= 0.3 is 5.97 Å². The van der Waals surface area contributed by atoms with Gasteiger partial charge in [0, 0.05) is 4.47 Å². The first-order valence-electron chi connectivity index (χ1n) is 3.63. The Bertz CT molecular complexity index is 414. The van der Waals surface area contributed by atoms with Gasteiger partial charge in [-0.25, -0.2) is 4.39 Å². The number of benzene rings is 1. The minimum Gasteiger partial charge on any atom is -0.480 e. The normalized spacial score (nSPS) is 11.8. The molecular formula is C9H5BrFNO2. The molecule has 0 amide bonds. The van der Waals surface area contributed by atoms with E-state index in [0.717, 1.165) is 12.1 Å². The zero-order valence-corrected chi connectivity index (χ0v) is 8.45. The number of nitrogens with zero attached hydrogens (tertiary/aromatic N) is 1. The molecule has 0 aromatic heterocycles. The van der Waals surface area contributed by atoms with E-state index in [9.17, 15) is 9.18 Å². The zero-order chi connectivity index (χ0) is 10.7. The first-order chi connectivity index (χ1) is 6.56. The minimum absolute atomic E-state index is 0.251. The lowest BCUT2D eigenvalue weighted by Gasteiger charge is -2.06. The van der Waals surface area contributed by atoms with E-state index in [1.54, 1.807) is 6.07 Å². The fourth-order valence-electron chi connectivity index (χ4n) is 0.993. The SMILES string of the molecule is N#CC(C(=O)O)c1ccc(F)cc1Br. The van der Waals surface area contributed by atoms with Crippen LogP contribution in [0.1, 0.15) is 11.5 Å². The fraction of sp³-hybridized carbons (Fsp3) is 0.111. The van der Waals surface area contributed by atoms with Crippen molar-refractivity contribution in [1.82, 2.24) is 0 Å². The number of carboxylic acid groups (broad SMARTS) is 1. The molecule has 1 aromatic carbocycles. The molecule has 0 saturated carbocycles. The van der Waals surface area contributed by atoms with Crippen LogP contribution in [0.4, 0.5) is 4.39 Å². The molecule has 0 aliphatic carbocycles. The van der Waals surface area contributed by atoms with Gasteiger partial charge in [-0.2, -0.15) is 5.26 Å². The maximum atomic E-state index is 12.7. The number of carboxylic acids is 1. The second kappa shape index (κ2) is 4.20. The largest absolute Gasteiger partial charge is 0.480 e. The standard InChI is InChI=1S/C9H5BrFNO2/c10-8-3-5(11)1-2-6(8)7(4-12)9(13)14/h1-3,7H,(H,13,14). The van der Waals surface area contributed by atoms with Crippen LogP contribution in [0.15, 0.2) is 22.7 Å². The average molecular weight is 258 g/mol. The van der Waals surface area contributed by atoms with E-state index in [1.807, 2.05) is 0 Å². The highest BCUT2D eigenvalue weighted by Gasteiger charge is 2.21. The van der Waals surface area contributed by atoms with Crippen LogP contribution < -0.4 is 0 Å². The molecule has 0 saturated heterocycles. The molecule has 5 heteroatoms. The van der Waals surface area contributed by atoms with Crippen LogP contribution >= 0.6 is 15.9 Å². The van der Waals surface area contributed by atoms with Gasteiger partial charge in [0.1, 0.15) is 5.82 Å². The maximum Gasteiger partial charge on any atom is 0.325 e. The number of nitriles is 1. The Morgan fingerprint density at radius 1 is 1.64 bits per heavy atom. The van der Waals surface area contributed by atoms with Crippen molar-refractivity contribution in [1.29, 1.82) is 5.26 Å². The van der Waals surface area contributed by atoms with Crippen LogP contribution in [0.3, 0.4) is 0 Å². The summed E-state index contributed by atoms with van der Waals surface area (Å²) in [4.78, 5) is 10.6. The van der Waals surface area contributed by atoms with E-state index in [1.165, 1.54) is 6.07 Å². The maximum absolute atomic E-state index is 12.7. The number of rotatable bonds is 2. The Labute approximate surface area is 87.9 Å². The Morgan fingerprint density at radius 3 is 2.71 bits per heavy atom.